The predicted molar refractivity (Wildman–Crippen MR) is 91.0 cm³/mol. The van der Waals surface area contributed by atoms with Crippen LogP contribution in [0.3, 0.4) is 0 Å². The van der Waals surface area contributed by atoms with Gasteiger partial charge in [-0.3, -0.25) is 14.6 Å². The molecule has 3 heterocycles. The molecule has 0 unspecified atom stereocenters. The number of fused-ring (bicyclic) bond motifs is 1. The fourth-order valence-corrected chi connectivity index (χ4v) is 2.97. The van der Waals surface area contributed by atoms with Crippen LogP contribution in [0.15, 0.2) is 10.9 Å². The van der Waals surface area contributed by atoms with Gasteiger partial charge in [-0.15, -0.1) is 0 Å². The lowest BCUT2D eigenvalue weighted by Crippen LogP contribution is -2.33. The van der Waals surface area contributed by atoms with Crippen molar-refractivity contribution in [3.8, 4) is 0 Å². The van der Waals surface area contributed by atoms with Crippen molar-refractivity contribution in [2.45, 2.75) is 52.5 Å². The number of nitrogens with one attached hydrogen (secondary N) is 1. The lowest BCUT2D eigenvalue weighted by Gasteiger charge is -2.29. The number of rotatable bonds is 3. The fraction of sp³-hybridized carbons (Fsp3) is 0.588. The third-order valence-corrected chi connectivity index (χ3v) is 4.45. The molecule has 6 heteroatoms. The van der Waals surface area contributed by atoms with E-state index in [4.69, 9.17) is 9.97 Å². The van der Waals surface area contributed by atoms with Gasteiger partial charge in [-0.25, -0.2) is 9.97 Å². The van der Waals surface area contributed by atoms with Crippen LogP contribution in [-0.2, 0) is 20.0 Å². The Kier molecular flexibility index (Phi) is 4.00. The molecule has 0 aromatic carbocycles. The van der Waals surface area contributed by atoms with Gasteiger partial charge in [0, 0.05) is 36.8 Å². The Hall–Kier alpha value is -2.11. The molecule has 6 nitrogen and oxygen atoms in total. The number of nitrogens with zero attached hydrogens (tertiary/aromatic N) is 4. The smallest absolute Gasteiger partial charge is 0.267 e. The van der Waals surface area contributed by atoms with Crippen LogP contribution in [0.2, 0.25) is 0 Å². The minimum atomic E-state index is 0.0376. The Morgan fingerprint density at radius 3 is 2.57 bits per heavy atom. The standard InChI is InChI=1S/C17H25N5O/c1-10(2)13-8-15(19-16(18-13)11(3)4)22-7-6-12-14(9-22)21(5)20-17(12)23/h8,10-11H,6-7,9H2,1-5H3,(H,20,23). The second-order valence-corrected chi connectivity index (χ2v) is 6.92. The van der Waals surface area contributed by atoms with Crippen LogP contribution in [0.25, 0.3) is 0 Å². The first kappa shape index (κ1) is 15.8. The van der Waals surface area contributed by atoms with Crippen LogP contribution in [0.5, 0.6) is 0 Å². The van der Waals surface area contributed by atoms with E-state index < -0.39 is 0 Å². The maximum atomic E-state index is 11.9. The second-order valence-electron chi connectivity index (χ2n) is 6.92. The van der Waals surface area contributed by atoms with E-state index in [1.165, 1.54) is 0 Å². The molecule has 0 saturated heterocycles. The number of aromatic nitrogens is 4. The van der Waals surface area contributed by atoms with Crippen LogP contribution in [0.1, 0.15) is 62.3 Å². The van der Waals surface area contributed by atoms with E-state index in [-0.39, 0.29) is 5.56 Å². The van der Waals surface area contributed by atoms with Gasteiger partial charge in [0.05, 0.1) is 12.2 Å². The van der Waals surface area contributed by atoms with Gasteiger partial charge in [-0.05, 0) is 12.3 Å². The van der Waals surface area contributed by atoms with E-state index in [9.17, 15) is 4.79 Å². The Morgan fingerprint density at radius 2 is 1.91 bits per heavy atom. The van der Waals surface area contributed by atoms with Crippen molar-refractivity contribution in [3.05, 3.63) is 39.2 Å². The van der Waals surface area contributed by atoms with Crippen LogP contribution in [0.4, 0.5) is 5.82 Å². The van der Waals surface area contributed by atoms with Gasteiger partial charge >= 0.3 is 0 Å². The van der Waals surface area contributed by atoms with Crippen molar-refractivity contribution in [2.24, 2.45) is 7.05 Å². The fourth-order valence-electron chi connectivity index (χ4n) is 2.97. The van der Waals surface area contributed by atoms with Crippen LogP contribution in [-0.4, -0.2) is 26.3 Å². The van der Waals surface area contributed by atoms with Crippen LogP contribution >= 0.6 is 0 Å². The molecule has 0 bridgehead atoms. The van der Waals surface area contributed by atoms with E-state index in [1.54, 1.807) is 0 Å². The second kappa shape index (κ2) is 5.83. The van der Waals surface area contributed by atoms with E-state index in [0.717, 1.165) is 41.6 Å². The average Bonchev–Trinajstić information content (AvgIpc) is 2.81. The molecule has 0 atom stereocenters. The van der Waals surface area contributed by atoms with Crippen molar-refractivity contribution in [1.29, 1.82) is 0 Å². The normalized spacial score (nSPS) is 14.7. The lowest BCUT2D eigenvalue weighted by molar-refractivity contribution is 0.637. The molecule has 1 aliphatic rings. The Balaban J connectivity index is 1.99. The molecule has 0 fully saturated rings. The molecule has 0 saturated carbocycles. The number of H-pyrrole nitrogens is 1. The molecule has 1 aliphatic heterocycles. The van der Waals surface area contributed by atoms with Crippen molar-refractivity contribution in [3.63, 3.8) is 0 Å². The summed E-state index contributed by atoms with van der Waals surface area (Å²) < 4.78 is 1.83. The third kappa shape index (κ3) is 2.90. The highest BCUT2D eigenvalue weighted by atomic mass is 16.1. The predicted octanol–water partition coefficient (Wildman–Crippen LogP) is 2.31. The van der Waals surface area contributed by atoms with Crippen LogP contribution in [0, 0.1) is 0 Å². The molecular formula is C17H25N5O. The molecule has 0 aliphatic carbocycles. The summed E-state index contributed by atoms with van der Waals surface area (Å²) >= 11 is 0. The zero-order chi connectivity index (χ0) is 16.7. The molecule has 0 radical (unpaired) electrons. The highest BCUT2D eigenvalue weighted by Crippen LogP contribution is 2.25. The first-order valence-electron chi connectivity index (χ1n) is 8.27. The molecule has 23 heavy (non-hydrogen) atoms. The molecule has 1 N–H and O–H groups in total. The van der Waals surface area contributed by atoms with Gasteiger partial charge in [0.1, 0.15) is 11.6 Å². The van der Waals surface area contributed by atoms with Crippen molar-refractivity contribution < 1.29 is 0 Å². The molecule has 3 rings (SSSR count). The maximum Gasteiger partial charge on any atom is 0.267 e. The number of anilines is 1. The number of hydrogen-bond donors (Lipinski definition) is 1. The summed E-state index contributed by atoms with van der Waals surface area (Å²) in [5.74, 6) is 2.52. The largest absolute Gasteiger partial charge is 0.350 e. The summed E-state index contributed by atoms with van der Waals surface area (Å²) in [5.41, 5.74) is 3.08. The van der Waals surface area contributed by atoms with E-state index >= 15 is 0 Å². The summed E-state index contributed by atoms with van der Waals surface area (Å²) in [5, 5.41) is 2.85. The van der Waals surface area contributed by atoms with Gasteiger partial charge in [-0.2, -0.15) is 0 Å². The molecule has 0 spiro atoms. The van der Waals surface area contributed by atoms with Crippen LogP contribution < -0.4 is 10.5 Å². The average molecular weight is 315 g/mol. The van der Waals surface area contributed by atoms with Gasteiger partial charge in [0.2, 0.25) is 0 Å². The van der Waals surface area contributed by atoms with Gasteiger partial charge in [0.15, 0.2) is 0 Å². The number of aromatic amines is 1. The minimum Gasteiger partial charge on any atom is -0.350 e. The summed E-state index contributed by atoms with van der Waals surface area (Å²) in [6, 6.07) is 2.09. The van der Waals surface area contributed by atoms with E-state index in [1.807, 2.05) is 11.7 Å². The minimum absolute atomic E-state index is 0.0376. The molecule has 124 valence electrons. The maximum absolute atomic E-state index is 11.9. The Labute approximate surface area is 136 Å². The lowest BCUT2D eigenvalue weighted by atomic mass is 10.1. The summed E-state index contributed by atoms with van der Waals surface area (Å²) in [6.45, 7) is 10.1. The van der Waals surface area contributed by atoms with Crippen molar-refractivity contribution >= 4 is 5.82 Å². The van der Waals surface area contributed by atoms with E-state index in [0.29, 0.717) is 18.4 Å². The Morgan fingerprint density at radius 1 is 1.17 bits per heavy atom. The number of aryl methyl sites for hydroxylation is 1. The highest BCUT2D eigenvalue weighted by molar-refractivity contribution is 5.44. The highest BCUT2D eigenvalue weighted by Gasteiger charge is 2.24. The SMILES string of the molecule is CC(C)c1cc(N2CCc3c(n(C)[nH]c3=O)C2)nc(C(C)C)n1. The quantitative estimate of drug-likeness (QED) is 0.944. The summed E-state index contributed by atoms with van der Waals surface area (Å²) in [6.07, 6.45) is 0.754. The van der Waals surface area contributed by atoms with Crippen molar-refractivity contribution in [2.75, 3.05) is 11.4 Å². The first-order valence-corrected chi connectivity index (χ1v) is 8.27. The number of hydrogen-bond acceptors (Lipinski definition) is 4. The van der Waals surface area contributed by atoms with Gasteiger partial charge in [-0.1, -0.05) is 27.7 Å². The Bertz CT molecular complexity index is 746. The van der Waals surface area contributed by atoms with Gasteiger partial charge in [0.25, 0.3) is 5.56 Å². The van der Waals surface area contributed by atoms with E-state index in [2.05, 4.69) is 43.8 Å². The van der Waals surface area contributed by atoms with Crippen molar-refractivity contribution in [1.82, 2.24) is 19.7 Å². The monoisotopic (exact) mass is 315 g/mol. The van der Waals surface area contributed by atoms with Gasteiger partial charge < -0.3 is 4.90 Å². The third-order valence-electron chi connectivity index (χ3n) is 4.45. The first-order chi connectivity index (χ1) is 10.9. The molecule has 2 aromatic heterocycles. The zero-order valence-electron chi connectivity index (χ0n) is 14.6. The molecule has 0 amide bonds. The zero-order valence-corrected chi connectivity index (χ0v) is 14.6. The summed E-state index contributed by atoms with van der Waals surface area (Å²) in [4.78, 5) is 23.6. The molecular weight excluding hydrogens is 290 g/mol. The topological polar surface area (TPSA) is 66.8 Å². The summed E-state index contributed by atoms with van der Waals surface area (Å²) in [7, 11) is 1.89. The molecule has 2 aromatic rings.